The van der Waals surface area contributed by atoms with E-state index >= 15 is 0 Å². The van der Waals surface area contributed by atoms with E-state index in [1.807, 2.05) is 30.3 Å². The lowest BCUT2D eigenvalue weighted by molar-refractivity contribution is -0.127. The molecule has 1 aliphatic rings. The molecule has 0 spiro atoms. The quantitative estimate of drug-likeness (QED) is 0.734. The van der Waals surface area contributed by atoms with Crippen LogP contribution >= 0.6 is 11.5 Å². The second-order valence-corrected chi connectivity index (χ2v) is 7.55. The number of carbonyl (C=O) groups is 2. The number of nitrogens with zero attached hydrogens (tertiary/aromatic N) is 3. The average molecular weight is 403 g/mol. The standard InChI is InChI=1S/C20H26N4O3S/c1-27-13-12-24(20(26)17-14-28-23-22-17)18(15-8-4-2-5-9-15)19(25)21-16-10-6-3-7-11-16/h2,4-5,8-9,14,16,18H,3,6-7,10-13H2,1H3,(H,21,25)/t18-/m0/s1. The van der Waals surface area contributed by atoms with Gasteiger partial charge < -0.3 is 15.0 Å². The lowest BCUT2D eigenvalue weighted by Crippen LogP contribution is -2.48. The molecule has 1 saturated carbocycles. The van der Waals surface area contributed by atoms with Gasteiger partial charge in [0.15, 0.2) is 5.69 Å². The van der Waals surface area contributed by atoms with Crippen molar-refractivity contribution in [1.29, 1.82) is 0 Å². The summed E-state index contributed by atoms with van der Waals surface area (Å²) in [7, 11) is 1.58. The van der Waals surface area contributed by atoms with Crippen LogP contribution in [0.5, 0.6) is 0 Å². The molecule has 0 saturated heterocycles. The van der Waals surface area contributed by atoms with Crippen molar-refractivity contribution >= 4 is 23.3 Å². The number of ether oxygens (including phenoxy) is 1. The first-order valence-electron chi connectivity index (χ1n) is 9.63. The molecule has 0 bridgehead atoms. The summed E-state index contributed by atoms with van der Waals surface area (Å²) in [5.74, 6) is -0.482. The lowest BCUT2D eigenvalue weighted by Gasteiger charge is -2.32. The first kappa shape index (κ1) is 20.4. The SMILES string of the molecule is COCCN(C(=O)c1csnn1)[C@H](C(=O)NC1CCCCC1)c1ccccc1. The molecule has 8 heteroatoms. The number of hydrogen-bond acceptors (Lipinski definition) is 6. The highest BCUT2D eigenvalue weighted by atomic mass is 32.1. The molecule has 0 aliphatic heterocycles. The Labute approximate surface area is 169 Å². The summed E-state index contributed by atoms with van der Waals surface area (Å²) < 4.78 is 8.99. The van der Waals surface area contributed by atoms with Gasteiger partial charge in [0.1, 0.15) is 6.04 Å². The molecule has 0 radical (unpaired) electrons. The van der Waals surface area contributed by atoms with Gasteiger partial charge in [-0.25, -0.2) is 0 Å². The highest BCUT2D eigenvalue weighted by Gasteiger charge is 2.34. The van der Waals surface area contributed by atoms with Crippen LogP contribution in [0.25, 0.3) is 0 Å². The maximum absolute atomic E-state index is 13.3. The van der Waals surface area contributed by atoms with Crippen molar-refractivity contribution in [2.45, 2.75) is 44.2 Å². The molecule has 2 amide bonds. The molecule has 1 N–H and O–H groups in total. The Morgan fingerprint density at radius 1 is 1.25 bits per heavy atom. The molecule has 1 fully saturated rings. The smallest absolute Gasteiger partial charge is 0.276 e. The van der Waals surface area contributed by atoms with Crippen LogP contribution in [0.1, 0.15) is 54.2 Å². The fourth-order valence-electron chi connectivity index (χ4n) is 3.58. The van der Waals surface area contributed by atoms with Gasteiger partial charge in [-0.3, -0.25) is 9.59 Å². The van der Waals surface area contributed by atoms with E-state index in [4.69, 9.17) is 4.74 Å². The van der Waals surface area contributed by atoms with Crippen molar-refractivity contribution in [3.8, 4) is 0 Å². The summed E-state index contributed by atoms with van der Waals surface area (Å²) >= 11 is 1.11. The van der Waals surface area contributed by atoms with Gasteiger partial charge in [-0.05, 0) is 29.9 Å². The second kappa shape index (κ2) is 10.3. The number of benzene rings is 1. The summed E-state index contributed by atoms with van der Waals surface area (Å²) in [6.45, 7) is 0.605. The minimum atomic E-state index is -0.743. The van der Waals surface area contributed by atoms with Gasteiger partial charge in [-0.2, -0.15) is 0 Å². The Morgan fingerprint density at radius 2 is 2.00 bits per heavy atom. The van der Waals surface area contributed by atoms with Gasteiger partial charge in [0.2, 0.25) is 5.91 Å². The topological polar surface area (TPSA) is 84.4 Å². The number of nitrogens with one attached hydrogen (secondary N) is 1. The zero-order valence-electron chi connectivity index (χ0n) is 16.0. The number of aromatic nitrogens is 2. The highest BCUT2D eigenvalue weighted by molar-refractivity contribution is 7.03. The number of amides is 2. The molecule has 1 aromatic carbocycles. The fraction of sp³-hybridized carbons (Fsp3) is 0.500. The number of rotatable bonds is 8. The Balaban J connectivity index is 1.89. The third kappa shape index (κ3) is 5.14. The third-order valence-electron chi connectivity index (χ3n) is 5.00. The molecular formula is C20H26N4O3S. The van der Waals surface area contributed by atoms with Crippen LogP contribution in [-0.4, -0.2) is 52.6 Å². The van der Waals surface area contributed by atoms with Crippen molar-refractivity contribution in [2.75, 3.05) is 20.3 Å². The van der Waals surface area contributed by atoms with Crippen molar-refractivity contribution in [3.05, 3.63) is 47.0 Å². The summed E-state index contributed by atoms with van der Waals surface area (Å²) in [5, 5.41) is 8.67. The average Bonchev–Trinajstić information content (AvgIpc) is 3.27. The Kier molecular flexibility index (Phi) is 7.50. The first-order valence-corrected chi connectivity index (χ1v) is 10.5. The van der Waals surface area contributed by atoms with Gasteiger partial charge in [0, 0.05) is 25.1 Å². The van der Waals surface area contributed by atoms with Gasteiger partial charge in [-0.15, -0.1) is 5.10 Å². The highest BCUT2D eigenvalue weighted by Crippen LogP contribution is 2.25. The van der Waals surface area contributed by atoms with Crippen molar-refractivity contribution in [3.63, 3.8) is 0 Å². The second-order valence-electron chi connectivity index (χ2n) is 6.94. The van der Waals surface area contributed by atoms with Gasteiger partial charge in [0.05, 0.1) is 6.61 Å². The number of carbonyl (C=O) groups excluding carboxylic acids is 2. The Bertz CT molecular complexity index is 748. The zero-order chi connectivity index (χ0) is 19.8. The van der Waals surface area contributed by atoms with E-state index < -0.39 is 6.04 Å². The van der Waals surface area contributed by atoms with Gasteiger partial charge in [-0.1, -0.05) is 54.1 Å². The third-order valence-corrected chi connectivity index (χ3v) is 5.51. The predicted octanol–water partition coefficient (Wildman–Crippen LogP) is 2.82. The summed E-state index contributed by atoms with van der Waals surface area (Å²) in [4.78, 5) is 28.0. The molecule has 0 unspecified atom stereocenters. The molecular weight excluding hydrogens is 376 g/mol. The van der Waals surface area contributed by atoms with Gasteiger partial charge >= 0.3 is 0 Å². The fourth-order valence-corrected chi connectivity index (χ4v) is 4.01. The minimum absolute atomic E-state index is 0.160. The van der Waals surface area contributed by atoms with E-state index in [0.717, 1.165) is 42.8 Å². The summed E-state index contributed by atoms with van der Waals surface area (Å²) in [6, 6.07) is 8.81. The maximum Gasteiger partial charge on any atom is 0.276 e. The number of methoxy groups -OCH3 is 1. The van der Waals surface area contributed by atoms with Crippen LogP contribution in [0, 0.1) is 0 Å². The molecule has 1 heterocycles. The van der Waals surface area contributed by atoms with Crippen LogP contribution in [0.2, 0.25) is 0 Å². The minimum Gasteiger partial charge on any atom is -0.383 e. The van der Waals surface area contributed by atoms with Crippen molar-refractivity contribution in [2.24, 2.45) is 0 Å². The van der Waals surface area contributed by atoms with E-state index in [1.54, 1.807) is 12.5 Å². The summed E-state index contributed by atoms with van der Waals surface area (Å²) in [5.41, 5.74) is 1.01. The van der Waals surface area contributed by atoms with Gasteiger partial charge in [0.25, 0.3) is 5.91 Å². The van der Waals surface area contributed by atoms with Crippen LogP contribution in [0.3, 0.4) is 0 Å². The van der Waals surface area contributed by atoms with Crippen molar-refractivity contribution in [1.82, 2.24) is 19.8 Å². The molecule has 1 aliphatic carbocycles. The monoisotopic (exact) mass is 402 g/mol. The first-order chi connectivity index (χ1) is 13.7. The van der Waals surface area contributed by atoms with Crippen molar-refractivity contribution < 1.29 is 14.3 Å². The van der Waals surface area contributed by atoms with Crippen LogP contribution < -0.4 is 5.32 Å². The molecule has 1 aromatic heterocycles. The summed E-state index contributed by atoms with van der Waals surface area (Å²) in [6.07, 6.45) is 5.42. The molecule has 150 valence electrons. The van der Waals surface area contributed by atoms with Crippen LogP contribution in [0.4, 0.5) is 0 Å². The van der Waals surface area contributed by atoms with Crippen LogP contribution in [0.15, 0.2) is 35.7 Å². The molecule has 3 rings (SSSR count). The van der Waals surface area contributed by atoms with E-state index in [9.17, 15) is 9.59 Å². The number of hydrogen-bond donors (Lipinski definition) is 1. The molecule has 28 heavy (non-hydrogen) atoms. The normalized spacial score (nSPS) is 15.8. The van der Waals surface area contributed by atoms with Crippen LogP contribution in [-0.2, 0) is 9.53 Å². The van der Waals surface area contributed by atoms with E-state index in [0.29, 0.717) is 6.61 Å². The van der Waals surface area contributed by atoms with E-state index in [-0.39, 0.29) is 30.1 Å². The zero-order valence-corrected chi connectivity index (χ0v) is 16.9. The maximum atomic E-state index is 13.3. The van der Waals surface area contributed by atoms with E-state index in [1.165, 1.54) is 11.3 Å². The Hall–Kier alpha value is -2.32. The predicted molar refractivity (Wildman–Crippen MR) is 107 cm³/mol. The Morgan fingerprint density at radius 3 is 2.64 bits per heavy atom. The molecule has 2 aromatic rings. The molecule has 1 atom stereocenters. The molecule has 7 nitrogen and oxygen atoms in total. The van der Waals surface area contributed by atoms with E-state index in [2.05, 4.69) is 14.9 Å². The lowest BCUT2D eigenvalue weighted by atomic mass is 9.94. The largest absolute Gasteiger partial charge is 0.383 e.